The molecule has 1 aromatic heterocycles. The standard InChI is InChI=1S/C10H14N2O3S/c1-6-3-4-11-10(12-6)9(15)8(14)5-16-7(2)13/h3-4,8-9,14-15H,5H2,1-2H3. The minimum atomic E-state index is -1.16. The number of aliphatic hydroxyl groups excluding tert-OH is 2. The number of nitrogens with zero attached hydrogens (tertiary/aromatic N) is 2. The van der Waals surface area contributed by atoms with Gasteiger partial charge in [0, 0.05) is 24.6 Å². The van der Waals surface area contributed by atoms with Crippen LogP contribution in [0.1, 0.15) is 24.5 Å². The van der Waals surface area contributed by atoms with Crippen molar-refractivity contribution in [2.45, 2.75) is 26.1 Å². The number of carbonyl (C=O) groups excluding carboxylic acids is 1. The van der Waals surface area contributed by atoms with Crippen LogP contribution in [-0.4, -0.2) is 37.2 Å². The molecule has 0 amide bonds. The summed E-state index contributed by atoms with van der Waals surface area (Å²) >= 11 is 0.962. The minimum Gasteiger partial charge on any atom is -0.389 e. The lowest BCUT2D eigenvalue weighted by atomic mass is 10.2. The van der Waals surface area contributed by atoms with Gasteiger partial charge in [-0.2, -0.15) is 0 Å². The van der Waals surface area contributed by atoms with Gasteiger partial charge in [-0.3, -0.25) is 4.79 Å². The number of thioether (sulfide) groups is 1. The quantitative estimate of drug-likeness (QED) is 0.798. The zero-order chi connectivity index (χ0) is 12.1. The van der Waals surface area contributed by atoms with Crippen molar-refractivity contribution >= 4 is 16.9 Å². The first-order valence-electron chi connectivity index (χ1n) is 4.79. The third-order valence-corrected chi connectivity index (χ3v) is 2.81. The Labute approximate surface area is 97.9 Å². The minimum absolute atomic E-state index is 0.101. The summed E-state index contributed by atoms with van der Waals surface area (Å²) in [6, 6.07) is 1.70. The lowest BCUT2D eigenvalue weighted by Crippen LogP contribution is -2.23. The van der Waals surface area contributed by atoms with Crippen molar-refractivity contribution in [2.75, 3.05) is 5.75 Å². The molecule has 2 unspecified atom stereocenters. The maximum atomic E-state index is 10.7. The Morgan fingerprint density at radius 2 is 2.25 bits per heavy atom. The van der Waals surface area contributed by atoms with Crippen LogP contribution in [0.4, 0.5) is 0 Å². The van der Waals surface area contributed by atoms with Crippen molar-refractivity contribution in [2.24, 2.45) is 0 Å². The molecular weight excluding hydrogens is 228 g/mol. The molecule has 1 rings (SSSR count). The summed E-state index contributed by atoms with van der Waals surface area (Å²) in [4.78, 5) is 18.6. The SMILES string of the molecule is CC(=O)SCC(O)C(O)c1nccc(C)n1. The lowest BCUT2D eigenvalue weighted by molar-refractivity contribution is -0.109. The molecular formula is C10H14N2O3S. The summed E-state index contributed by atoms with van der Waals surface area (Å²) in [6.45, 7) is 3.18. The Kier molecular flexibility index (Phi) is 4.85. The number of hydrogen-bond acceptors (Lipinski definition) is 6. The van der Waals surface area contributed by atoms with Crippen molar-refractivity contribution < 1.29 is 15.0 Å². The molecule has 0 spiro atoms. The monoisotopic (exact) mass is 242 g/mol. The second-order valence-corrected chi connectivity index (χ2v) is 4.57. The zero-order valence-electron chi connectivity index (χ0n) is 9.12. The zero-order valence-corrected chi connectivity index (χ0v) is 9.94. The van der Waals surface area contributed by atoms with Crippen molar-refractivity contribution in [1.82, 2.24) is 9.97 Å². The highest BCUT2D eigenvalue weighted by molar-refractivity contribution is 8.13. The second kappa shape index (κ2) is 5.93. The van der Waals surface area contributed by atoms with E-state index in [1.165, 1.54) is 13.1 Å². The molecule has 0 radical (unpaired) electrons. The molecule has 0 aliphatic heterocycles. The van der Waals surface area contributed by atoms with Crippen molar-refractivity contribution in [3.63, 3.8) is 0 Å². The normalized spacial score (nSPS) is 14.5. The molecule has 0 aliphatic rings. The second-order valence-electron chi connectivity index (χ2n) is 3.37. The molecule has 16 heavy (non-hydrogen) atoms. The summed E-state index contributed by atoms with van der Waals surface area (Å²) in [6.07, 6.45) is -0.686. The van der Waals surface area contributed by atoms with E-state index in [0.29, 0.717) is 0 Å². The molecule has 6 heteroatoms. The van der Waals surface area contributed by atoms with Crippen LogP contribution >= 0.6 is 11.8 Å². The van der Waals surface area contributed by atoms with Gasteiger partial charge in [-0.15, -0.1) is 0 Å². The predicted molar refractivity (Wildman–Crippen MR) is 60.9 cm³/mol. The fraction of sp³-hybridized carbons (Fsp3) is 0.500. The number of aromatic nitrogens is 2. The summed E-state index contributed by atoms with van der Waals surface area (Å²) in [7, 11) is 0. The highest BCUT2D eigenvalue weighted by atomic mass is 32.2. The molecule has 5 nitrogen and oxygen atoms in total. The van der Waals surface area contributed by atoms with Gasteiger partial charge in [-0.1, -0.05) is 11.8 Å². The molecule has 0 saturated carbocycles. The van der Waals surface area contributed by atoms with Crippen LogP contribution in [0.25, 0.3) is 0 Å². The molecule has 0 fully saturated rings. The van der Waals surface area contributed by atoms with E-state index in [9.17, 15) is 15.0 Å². The van der Waals surface area contributed by atoms with Gasteiger partial charge < -0.3 is 10.2 Å². The van der Waals surface area contributed by atoms with Crippen molar-refractivity contribution in [3.8, 4) is 0 Å². The van der Waals surface area contributed by atoms with Crippen LogP contribution < -0.4 is 0 Å². The van der Waals surface area contributed by atoms with Crippen LogP contribution in [0.3, 0.4) is 0 Å². The fourth-order valence-electron chi connectivity index (χ4n) is 1.08. The highest BCUT2D eigenvalue weighted by Gasteiger charge is 2.21. The van der Waals surface area contributed by atoms with Crippen LogP contribution in [0.15, 0.2) is 12.3 Å². The van der Waals surface area contributed by atoms with Crippen molar-refractivity contribution in [3.05, 3.63) is 23.8 Å². The average Bonchev–Trinajstić information content (AvgIpc) is 2.24. The average molecular weight is 242 g/mol. The number of hydrogen-bond donors (Lipinski definition) is 2. The van der Waals surface area contributed by atoms with Gasteiger partial charge in [-0.25, -0.2) is 9.97 Å². The largest absolute Gasteiger partial charge is 0.389 e. The summed E-state index contributed by atoms with van der Waals surface area (Å²) < 4.78 is 0. The van der Waals surface area contributed by atoms with Crippen LogP contribution in [0, 0.1) is 6.92 Å². The Hall–Kier alpha value is -0.980. The third kappa shape index (κ3) is 3.88. The summed E-state index contributed by atoms with van der Waals surface area (Å²) in [5.41, 5.74) is 0.718. The molecule has 88 valence electrons. The fourth-order valence-corrected chi connectivity index (χ4v) is 1.66. The topological polar surface area (TPSA) is 83.3 Å². The number of carbonyl (C=O) groups is 1. The molecule has 0 bridgehead atoms. The van der Waals surface area contributed by atoms with E-state index in [-0.39, 0.29) is 16.7 Å². The molecule has 1 aromatic rings. The van der Waals surface area contributed by atoms with Gasteiger partial charge in [0.05, 0.1) is 6.10 Å². The van der Waals surface area contributed by atoms with E-state index < -0.39 is 12.2 Å². The number of rotatable bonds is 4. The first-order chi connectivity index (χ1) is 7.50. The summed E-state index contributed by atoms with van der Waals surface area (Å²) in [5.74, 6) is 0.310. The molecule has 2 N–H and O–H groups in total. The Balaban J connectivity index is 2.62. The molecule has 0 aliphatic carbocycles. The number of aliphatic hydroxyl groups is 2. The molecule has 1 heterocycles. The third-order valence-electron chi connectivity index (χ3n) is 1.90. The maximum absolute atomic E-state index is 10.7. The van der Waals surface area contributed by atoms with Gasteiger partial charge in [-0.05, 0) is 13.0 Å². The maximum Gasteiger partial charge on any atom is 0.185 e. The smallest absolute Gasteiger partial charge is 0.185 e. The number of aryl methyl sites for hydroxylation is 1. The highest BCUT2D eigenvalue weighted by Crippen LogP contribution is 2.16. The van der Waals surface area contributed by atoms with E-state index in [1.54, 1.807) is 13.0 Å². The molecule has 2 atom stereocenters. The van der Waals surface area contributed by atoms with Gasteiger partial charge in [0.15, 0.2) is 10.9 Å². The first kappa shape index (κ1) is 13.1. The van der Waals surface area contributed by atoms with E-state index in [2.05, 4.69) is 9.97 Å². The van der Waals surface area contributed by atoms with Crippen molar-refractivity contribution in [1.29, 1.82) is 0 Å². The van der Waals surface area contributed by atoms with E-state index in [1.807, 2.05) is 0 Å². The Morgan fingerprint density at radius 3 is 2.81 bits per heavy atom. The van der Waals surface area contributed by atoms with Crippen LogP contribution in [0.2, 0.25) is 0 Å². The predicted octanol–water partition coefficient (Wildman–Crippen LogP) is 0.459. The first-order valence-corrected chi connectivity index (χ1v) is 5.78. The van der Waals surface area contributed by atoms with Gasteiger partial charge in [0.25, 0.3) is 0 Å². The summed E-state index contributed by atoms with van der Waals surface area (Å²) in [5, 5.41) is 19.2. The van der Waals surface area contributed by atoms with Gasteiger partial charge in [0.1, 0.15) is 6.10 Å². The van der Waals surface area contributed by atoms with Crippen LogP contribution in [-0.2, 0) is 4.79 Å². The Morgan fingerprint density at radius 1 is 1.56 bits per heavy atom. The Bertz CT molecular complexity index is 373. The van der Waals surface area contributed by atoms with Crippen LogP contribution in [0.5, 0.6) is 0 Å². The van der Waals surface area contributed by atoms with E-state index in [0.717, 1.165) is 17.5 Å². The molecule has 0 aromatic carbocycles. The van der Waals surface area contributed by atoms with Gasteiger partial charge >= 0.3 is 0 Å². The lowest BCUT2D eigenvalue weighted by Gasteiger charge is -2.15. The van der Waals surface area contributed by atoms with E-state index in [4.69, 9.17) is 0 Å². The molecule has 0 saturated heterocycles. The van der Waals surface area contributed by atoms with Gasteiger partial charge in [0.2, 0.25) is 0 Å². The van der Waals surface area contributed by atoms with E-state index >= 15 is 0 Å².